The number of nitrogens with zero attached hydrogens (tertiary/aromatic N) is 2. The van der Waals surface area contributed by atoms with Crippen molar-refractivity contribution in [1.82, 2.24) is 4.90 Å². The summed E-state index contributed by atoms with van der Waals surface area (Å²) in [6.07, 6.45) is -0.451. The van der Waals surface area contributed by atoms with Crippen LogP contribution < -0.4 is 15.5 Å². The molecule has 0 aliphatic carbocycles. The van der Waals surface area contributed by atoms with Crippen LogP contribution in [0.4, 0.5) is 27.5 Å². The van der Waals surface area contributed by atoms with Crippen LogP contribution in [0.5, 0.6) is 0 Å². The standard InChI is InChI=1S/C22H30N4O2/c1-22(2,3)28-21(27)24-19-7-5-17(6-8-19)23-18-9-11-20(12-10-18)26-15-13-25(4)14-16-26/h5-12,23H,13-16H2,1-4H3,(H,24,27). The van der Waals surface area contributed by atoms with Crippen LogP contribution in [0.2, 0.25) is 0 Å². The van der Waals surface area contributed by atoms with E-state index < -0.39 is 11.7 Å². The van der Waals surface area contributed by atoms with Gasteiger partial charge in [0.2, 0.25) is 0 Å². The third-order valence-corrected chi connectivity index (χ3v) is 4.55. The SMILES string of the molecule is CN1CCN(c2ccc(Nc3ccc(NC(=O)OC(C)(C)C)cc3)cc2)CC1. The van der Waals surface area contributed by atoms with Crippen molar-refractivity contribution < 1.29 is 9.53 Å². The van der Waals surface area contributed by atoms with Gasteiger partial charge in [0.05, 0.1) is 0 Å². The van der Waals surface area contributed by atoms with E-state index in [2.05, 4.69) is 51.7 Å². The molecule has 1 aliphatic heterocycles. The molecular weight excluding hydrogens is 352 g/mol. The highest BCUT2D eigenvalue weighted by molar-refractivity contribution is 5.85. The molecular formula is C22H30N4O2. The second-order valence-electron chi connectivity index (χ2n) is 8.17. The molecule has 0 aromatic heterocycles. The molecule has 0 atom stereocenters. The smallest absolute Gasteiger partial charge is 0.412 e. The van der Waals surface area contributed by atoms with Gasteiger partial charge in [0.15, 0.2) is 0 Å². The van der Waals surface area contributed by atoms with Gasteiger partial charge in [-0.15, -0.1) is 0 Å². The number of likely N-dealkylation sites (N-methyl/N-ethyl adjacent to an activating group) is 1. The summed E-state index contributed by atoms with van der Waals surface area (Å²) in [6.45, 7) is 9.86. The molecule has 0 bridgehead atoms. The summed E-state index contributed by atoms with van der Waals surface area (Å²) in [4.78, 5) is 16.6. The Bertz CT molecular complexity index is 774. The summed E-state index contributed by atoms with van der Waals surface area (Å²) in [5.74, 6) is 0. The molecule has 3 rings (SSSR count). The van der Waals surface area contributed by atoms with Crippen molar-refractivity contribution in [3.63, 3.8) is 0 Å². The first kappa shape index (κ1) is 20.0. The molecule has 1 amide bonds. The fourth-order valence-corrected chi connectivity index (χ4v) is 3.05. The van der Waals surface area contributed by atoms with Crippen LogP contribution in [0.3, 0.4) is 0 Å². The van der Waals surface area contributed by atoms with Crippen molar-refractivity contribution in [2.75, 3.05) is 48.8 Å². The summed E-state index contributed by atoms with van der Waals surface area (Å²) in [6, 6.07) is 16.1. The number of rotatable bonds is 4. The van der Waals surface area contributed by atoms with E-state index in [9.17, 15) is 4.79 Å². The van der Waals surface area contributed by atoms with Crippen molar-refractivity contribution >= 4 is 28.8 Å². The molecule has 1 fully saturated rings. The van der Waals surface area contributed by atoms with Crippen LogP contribution in [0.15, 0.2) is 48.5 Å². The summed E-state index contributed by atoms with van der Waals surface area (Å²) in [5.41, 5.74) is 3.44. The topological polar surface area (TPSA) is 56.8 Å². The maximum atomic E-state index is 11.8. The van der Waals surface area contributed by atoms with Gasteiger partial charge in [-0.05, 0) is 76.3 Å². The van der Waals surface area contributed by atoms with E-state index in [0.29, 0.717) is 5.69 Å². The molecule has 6 heteroatoms. The molecule has 6 nitrogen and oxygen atoms in total. The quantitative estimate of drug-likeness (QED) is 0.814. The molecule has 1 heterocycles. The summed E-state index contributed by atoms with van der Waals surface area (Å²) in [5, 5.41) is 6.13. The van der Waals surface area contributed by atoms with Gasteiger partial charge >= 0.3 is 6.09 Å². The minimum Gasteiger partial charge on any atom is -0.444 e. The molecule has 2 N–H and O–H groups in total. The van der Waals surface area contributed by atoms with Gasteiger partial charge in [0.25, 0.3) is 0 Å². The van der Waals surface area contributed by atoms with Crippen molar-refractivity contribution in [2.45, 2.75) is 26.4 Å². The highest BCUT2D eigenvalue weighted by atomic mass is 16.6. The Morgan fingerprint density at radius 2 is 1.36 bits per heavy atom. The van der Waals surface area contributed by atoms with E-state index in [-0.39, 0.29) is 0 Å². The van der Waals surface area contributed by atoms with E-state index in [4.69, 9.17) is 4.74 Å². The fraction of sp³-hybridized carbons (Fsp3) is 0.409. The number of piperazine rings is 1. The maximum Gasteiger partial charge on any atom is 0.412 e. The third kappa shape index (κ3) is 5.89. The van der Waals surface area contributed by atoms with Crippen molar-refractivity contribution in [2.24, 2.45) is 0 Å². The lowest BCUT2D eigenvalue weighted by Crippen LogP contribution is -2.44. The first-order valence-electron chi connectivity index (χ1n) is 9.69. The lowest BCUT2D eigenvalue weighted by Gasteiger charge is -2.34. The molecule has 0 saturated carbocycles. The number of nitrogens with one attached hydrogen (secondary N) is 2. The third-order valence-electron chi connectivity index (χ3n) is 4.55. The predicted molar refractivity (Wildman–Crippen MR) is 116 cm³/mol. The Hall–Kier alpha value is -2.73. The van der Waals surface area contributed by atoms with Crippen LogP contribution in [-0.4, -0.2) is 49.8 Å². The van der Waals surface area contributed by atoms with Crippen molar-refractivity contribution in [3.8, 4) is 0 Å². The van der Waals surface area contributed by atoms with Gasteiger partial charge in [-0.3, -0.25) is 5.32 Å². The Kier molecular flexibility index (Phi) is 6.09. The number of carbonyl (C=O) groups excluding carboxylic acids is 1. The highest BCUT2D eigenvalue weighted by Crippen LogP contribution is 2.23. The lowest BCUT2D eigenvalue weighted by atomic mass is 10.2. The van der Waals surface area contributed by atoms with Gasteiger partial charge < -0.3 is 19.9 Å². The van der Waals surface area contributed by atoms with Gasteiger partial charge in [0, 0.05) is 48.9 Å². The van der Waals surface area contributed by atoms with Gasteiger partial charge in [-0.25, -0.2) is 4.79 Å². The molecule has 1 saturated heterocycles. The first-order valence-corrected chi connectivity index (χ1v) is 9.69. The van der Waals surface area contributed by atoms with Crippen LogP contribution in [0, 0.1) is 0 Å². The number of benzene rings is 2. The van der Waals surface area contributed by atoms with Crippen LogP contribution in [0.1, 0.15) is 20.8 Å². The average Bonchev–Trinajstić information content (AvgIpc) is 2.63. The lowest BCUT2D eigenvalue weighted by molar-refractivity contribution is 0.0636. The molecule has 1 aliphatic rings. The summed E-state index contributed by atoms with van der Waals surface area (Å²) < 4.78 is 5.26. The van der Waals surface area contributed by atoms with Crippen molar-refractivity contribution in [3.05, 3.63) is 48.5 Å². The summed E-state index contributed by atoms with van der Waals surface area (Å²) >= 11 is 0. The van der Waals surface area contributed by atoms with Crippen molar-refractivity contribution in [1.29, 1.82) is 0 Å². The molecule has 150 valence electrons. The highest BCUT2D eigenvalue weighted by Gasteiger charge is 2.16. The van der Waals surface area contributed by atoms with E-state index in [1.807, 2.05) is 45.0 Å². The summed E-state index contributed by atoms with van der Waals surface area (Å²) in [7, 11) is 2.17. The maximum absolute atomic E-state index is 11.8. The number of hydrogen-bond donors (Lipinski definition) is 2. The van der Waals surface area contributed by atoms with Crippen LogP contribution >= 0.6 is 0 Å². The average molecular weight is 383 g/mol. The monoisotopic (exact) mass is 382 g/mol. The Morgan fingerprint density at radius 1 is 0.857 bits per heavy atom. The van der Waals surface area contributed by atoms with Crippen LogP contribution in [0.25, 0.3) is 0 Å². The second-order valence-corrected chi connectivity index (χ2v) is 8.17. The molecule has 0 radical (unpaired) electrons. The van der Waals surface area contributed by atoms with Crippen LogP contribution in [-0.2, 0) is 4.74 Å². The number of carbonyl (C=O) groups is 1. The largest absolute Gasteiger partial charge is 0.444 e. The predicted octanol–water partition coefficient (Wildman–Crippen LogP) is 4.53. The van der Waals surface area contributed by atoms with E-state index >= 15 is 0 Å². The Balaban J connectivity index is 1.54. The zero-order valence-corrected chi connectivity index (χ0v) is 17.2. The number of amides is 1. The molecule has 0 spiro atoms. The number of hydrogen-bond acceptors (Lipinski definition) is 5. The zero-order valence-electron chi connectivity index (χ0n) is 17.2. The van der Waals surface area contributed by atoms with E-state index in [0.717, 1.165) is 37.6 Å². The Labute approximate surface area is 167 Å². The minimum absolute atomic E-state index is 0.451. The molecule has 2 aromatic rings. The van der Waals surface area contributed by atoms with E-state index in [1.165, 1.54) is 5.69 Å². The zero-order chi connectivity index (χ0) is 20.1. The Morgan fingerprint density at radius 3 is 1.89 bits per heavy atom. The van der Waals surface area contributed by atoms with E-state index in [1.54, 1.807) is 0 Å². The molecule has 28 heavy (non-hydrogen) atoms. The fourth-order valence-electron chi connectivity index (χ4n) is 3.05. The first-order chi connectivity index (χ1) is 13.3. The van der Waals surface area contributed by atoms with Gasteiger partial charge in [-0.1, -0.05) is 0 Å². The minimum atomic E-state index is -0.512. The van der Waals surface area contributed by atoms with Gasteiger partial charge in [0.1, 0.15) is 5.60 Å². The van der Waals surface area contributed by atoms with Gasteiger partial charge in [-0.2, -0.15) is 0 Å². The molecule has 2 aromatic carbocycles. The molecule has 0 unspecified atom stereocenters. The number of anilines is 4. The number of ether oxygens (including phenoxy) is 1. The normalized spacial score (nSPS) is 15.2. The second kappa shape index (κ2) is 8.52.